The first-order valence-corrected chi connectivity index (χ1v) is 6.90. The van der Waals surface area contributed by atoms with E-state index in [1.165, 1.54) is 4.90 Å². The van der Waals surface area contributed by atoms with Crippen molar-refractivity contribution in [3.63, 3.8) is 0 Å². The van der Waals surface area contributed by atoms with E-state index in [4.69, 9.17) is 17.3 Å². The molecule has 21 heavy (non-hydrogen) atoms. The summed E-state index contributed by atoms with van der Waals surface area (Å²) in [6.07, 6.45) is 0.224. The molecule has 0 unspecified atom stereocenters. The van der Waals surface area contributed by atoms with E-state index in [9.17, 15) is 9.59 Å². The van der Waals surface area contributed by atoms with Crippen molar-refractivity contribution in [2.45, 2.75) is 13.0 Å². The molecular formula is C16H13ClN2O2. The summed E-state index contributed by atoms with van der Waals surface area (Å²) < 4.78 is 0. The van der Waals surface area contributed by atoms with Gasteiger partial charge in [0.2, 0.25) is 5.91 Å². The Morgan fingerprint density at radius 1 is 1.14 bits per heavy atom. The van der Waals surface area contributed by atoms with Gasteiger partial charge in [-0.2, -0.15) is 0 Å². The van der Waals surface area contributed by atoms with Crippen LogP contribution in [0.1, 0.15) is 21.5 Å². The minimum absolute atomic E-state index is 0.135. The number of nitrogen functional groups attached to an aromatic ring is 1. The topological polar surface area (TPSA) is 63.4 Å². The van der Waals surface area contributed by atoms with Crippen LogP contribution < -0.4 is 5.73 Å². The molecule has 2 aromatic carbocycles. The summed E-state index contributed by atoms with van der Waals surface area (Å²) in [5.74, 6) is -0.516. The summed E-state index contributed by atoms with van der Waals surface area (Å²) in [7, 11) is 0. The normalized spacial score (nSPS) is 14.2. The maximum atomic E-state index is 12.5. The van der Waals surface area contributed by atoms with Crippen molar-refractivity contribution in [1.82, 2.24) is 4.90 Å². The van der Waals surface area contributed by atoms with Crippen LogP contribution in [-0.4, -0.2) is 16.7 Å². The molecule has 3 rings (SSSR count). The van der Waals surface area contributed by atoms with Crippen molar-refractivity contribution >= 4 is 29.1 Å². The van der Waals surface area contributed by atoms with Gasteiger partial charge in [0, 0.05) is 16.3 Å². The van der Waals surface area contributed by atoms with Crippen LogP contribution in [0.3, 0.4) is 0 Å². The molecule has 1 aliphatic heterocycles. The summed E-state index contributed by atoms with van der Waals surface area (Å²) in [6, 6.07) is 12.2. The lowest BCUT2D eigenvalue weighted by molar-refractivity contribution is -0.128. The predicted octanol–water partition coefficient (Wildman–Crippen LogP) is 2.65. The first-order valence-electron chi connectivity index (χ1n) is 6.53. The largest absolute Gasteiger partial charge is 0.399 e. The Morgan fingerprint density at radius 2 is 1.90 bits per heavy atom. The second-order valence-corrected chi connectivity index (χ2v) is 5.38. The first kappa shape index (κ1) is 13.6. The third-order valence-electron chi connectivity index (χ3n) is 3.53. The molecular weight excluding hydrogens is 288 g/mol. The lowest BCUT2D eigenvalue weighted by Gasteiger charge is -2.27. The van der Waals surface area contributed by atoms with Gasteiger partial charge in [-0.3, -0.25) is 14.5 Å². The average Bonchev–Trinajstić information content (AvgIpc) is 2.47. The van der Waals surface area contributed by atoms with Crippen molar-refractivity contribution in [3.05, 3.63) is 64.2 Å². The Kier molecular flexibility index (Phi) is 3.39. The Labute approximate surface area is 127 Å². The number of halogens is 1. The Balaban J connectivity index is 1.95. The maximum Gasteiger partial charge on any atom is 0.261 e. The molecule has 0 fully saturated rings. The predicted molar refractivity (Wildman–Crippen MR) is 80.9 cm³/mol. The van der Waals surface area contributed by atoms with Crippen LogP contribution in [0.4, 0.5) is 5.69 Å². The highest BCUT2D eigenvalue weighted by molar-refractivity contribution is 6.31. The highest BCUT2D eigenvalue weighted by atomic mass is 35.5. The minimum atomic E-state index is -0.291. The molecule has 1 heterocycles. The average molecular weight is 301 g/mol. The number of hydrogen-bond acceptors (Lipinski definition) is 3. The maximum absolute atomic E-state index is 12.5. The Morgan fingerprint density at radius 3 is 2.71 bits per heavy atom. The number of rotatable bonds is 2. The number of hydrogen-bond donors (Lipinski definition) is 1. The Hall–Kier alpha value is -2.33. The van der Waals surface area contributed by atoms with Gasteiger partial charge in [-0.05, 0) is 35.4 Å². The summed E-state index contributed by atoms with van der Waals surface area (Å²) in [6.45, 7) is 0.135. The van der Waals surface area contributed by atoms with Gasteiger partial charge in [0.1, 0.15) is 0 Å². The first-order chi connectivity index (χ1) is 10.1. The van der Waals surface area contributed by atoms with E-state index in [2.05, 4.69) is 0 Å². The van der Waals surface area contributed by atoms with Gasteiger partial charge in [0.25, 0.3) is 5.91 Å². The van der Waals surface area contributed by atoms with Crippen LogP contribution in [0, 0.1) is 0 Å². The quantitative estimate of drug-likeness (QED) is 0.685. The van der Waals surface area contributed by atoms with Crippen LogP contribution >= 0.6 is 11.6 Å². The zero-order chi connectivity index (χ0) is 15.0. The Bertz CT molecular complexity index is 743. The highest BCUT2D eigenvalue weighted by Crippen LogP contribution is 2.25. The molecule has 1 aliphatic rings. The van der Waals surface area contributed by atoms with Crippen molar-refractivity contribution in [1.29, 1.82) is 0 Å². The number of benzene rings is 2. The van der Waals surface area contributed by atoms with Crippen LogP contribution in [0.5, 0.6) is 0 Å². The van der Waals surface area contributed by atoms with Crippen molar-refractivity contribution in [2.75, 3.05) is 5.73 Å². The molecule has 4 nitrogen and oxygen atoms in total. The molecule has 2 N–H and O–H groups in total. The van der Waals surface area contributed by atoms with Gasteiger partial charge in [0.05, 0.1) is 13.0 Å². The lowest BCUT2D eigenvalue weighted by atomic mass is 9.98. The van der Waals surface area contributed by atoms with E-state index in [0.29, 0.717) is 21.8 Å². The SMILES string of the molecule is Nc1ccc(Cl)c(CN2C(=O)Cc3ccccc3C2=O)c1. The van der Waals surface area contributed by atoms with Crippen LogP contribution in [0.15, 0.2) is 42.5 Å². The number of nitrogens with zero attached hydrogens (tertiary/aromatic N) is 1. The second kappa shape index (κ2) is 5.22. The molecule has 0 spiro atoms. The number of imide groups is 1. The van der Waals surface area contributed by atoms with E-state index in [0.717, 1.165) is 5.56 Å². The molecule has 2 amide bonds. The van der Waals surface area contributed by atoms with E-state index >= 15 is 0 Å². The summed E-state index contributed by atoms with van der Waals surface area (Å²) in [5, 5.41) is 0.489. The number of fused-ring (bicyclic) bond motifs is 1. The monoisotopic (exact) mass is 300 g/mol. The van der Waals surface area contributed by atoms with Crippen LogP contribution in [-0.2, 0) is 17.8 Å². The molecule has 2 aromatic rings. The molecule has 0 saturated carbocycles. The standard InChI is InChI=1S/C16H13ClN2O2/c17-14-6-5-12(18)7-11(14)9-19-15(20)8-10-3-1-2-4-13(10)16(19)21/h1-7H,8-9,18H2. The number of nitrogens with two attached hydrogens (primary N) is 1. The summed E-state index contributed by atoms with van der Waals surface area (Å²) >= 11 is 6.11. The van der Waals surface area contributed by atoms with E-state index in [-0.39, 0.29) is 24.8 Å². The third-order valence-corrected chi connectivity index (χ3v) is 3.90. The highest BCUT2D eigenvalue weighted by Gasteiger charge is 2.30. The zero-order valence-corrected chi connectivity index (χ0v) is 11.9. The van der Waals surface area contributed by atoms with Gasteiger partial charge in [-0.1, -0.05) is 29.8 Å². The van der Waals surface area contributed by atoms with Crippen LogP contribution in [0.2, 0.25) is 5.02 Å². The number of amides is 2. The number of anilines is 1. The van der Waals surface area contributed by atoms with E-state index in [1.807, 2.05) is 6.07 Å². The van der Waals surface area contributed by atoms with Gasteiger partial charge in [0.15, 0.2) is 0 Å². The molecule has 0 aliphatic carbocycles. The summed E-state index contributed by atoms with van der Waals surface area (Å²) in [4.78, 5) is 25.9. The summed E-state index contributed by atoms with van der Waals surface area (Å²) in [5.41, 5.74) is 8.28. The third kappa shape index (κ3) is 2.50. The minimum Gasteiger partial charge on any atom is -0.399 e. The molecule has 0 saturated heterocycles. The molecule has 0 radical (unpaired) electrons. The number of carbonyl (C=O) groups excluding carboxylic acids is 2. The van der Waals surface area contributed by atoms with Gasteiger partial charge in [-0.15, -0.1) is 0 Å². The van der Waals surface area contributed by atoms with Gasteiger partial charge < -0.3 is 5.73 Å². The van der Waals surface area contributed by atoms with E-state index < -0.39 is 0 Å². The lowest BCUT2D eigenvalue weighted by Crippen LogP contribution is -2.41. The van der Waals surface area contributed by atoms with Gasteiger partial charge >= 0.3 is 0 Å². The van der Waals surface area contributed by atoms with Crippen molar-refractivity contribution < 1.29 is 9.59 Å². The number of carbonyl (C=O) groups is 2. The smallest absolute Gasteiger partial charge is 0.261 e. The molecule has 0 aromatic heterocycles. The molecule has 106 valence electrons. The zero-order valence-electron chi connectivity index (χ0n) is 11.2. The molecule has 0 atom stereocenters. The fourth-order valence-corrected chi connectivity index (χ4v) is 2.62. The van der Waals surface area contributed by atoms with Crippen molar-refractivity contribution in [2.24, 2.45) is 0 Å². The second-order valence-electron chi connectivity index (χ2n) is 4.97. The van der Waals surface area contributed by atoms with Crippen LogP contribution in [0.25, 0.3) is 0 Å². The molecule has 0 bridgehead atoms. The van der Waals surface area contributed by atoms with Crippen molar-refractivity contribution in [3.8, 4) is 0 Å². The fraction of sp³-hybridized carbons (Fsp3) is 0.125. The van der Waals surface area contributed by atoms with Gasteiger partial charge in [-0.25, -0.2) is 0 Å². The fourth-order valence-electron chi connectivity index (χ4n) is 2.45. The molecule has 5 heteroatoms. The van der Waals surface area contributed by atoms with E-state index in [1.54, 1.807) is 36.4 Å².